The van der Waals surface area contributed by atoms with Crippen molar-refractivity contribution in [2.75, 3.05) is 25.1 Å². The molecular weight excluding hydrogens is 367 g/mol. The summed E-state index contributed by atoms with van der Waals surface area (Å²) in [5, 5.41) is 4.95. The van der Waals surface area contributed by atoms with Gasteiger partial charge in [0.25, 0.3) is 5.92 Å². The number of hydrogen-bond donors (Lipinski definition) is 2. The van der Waals surface area contributed by atoms with Crippen molar-refractivity contribution in [2.45, 2.75) is 24.7 Å². The van der Waals surface area contributed by atoms with Crippen LogP contribution in [-0.4, -0.2) is 30.8 Å². The topological polar surface area (TPSA) is 63.2 Å². The van der Waals surface area contributed by atoms with Gasteiger partial charge in [-0.1, -0.05) is 12.1 Å². The number of carbonyl (C=O) groups is 1. The summed E-state index contributed by atoms with van der Waals surface area (Å²) in [7, 11) is 0. The first kappa shape index (κ1) is 18.7. The lowest BCUT2D eigenvalue weighted by Crippen LogP contribution is -2.37. The molecule has 2 N–H and O–H groups in total. The number of urea groups is 1. The molecule has 2 heterocycles. The summed E-state index contributed by atoms with van der Waals surface area (Å²) in [6.07, 6.45) is 3.50. The number of hydrogen-bond acceptors (Lipinski definition) is 4. The second kappa shape index (κ2) is 8.05. The summed E-state index contributed by atoms with van der Waals surface area (Å²) in [5.74, 6) is -3.55. The minimum Gasteiger partial charge on any atom is -0.381 e. The third kappa shape index (κ3) is 4.73. The highest BCUT2D eigenvalue weighted by molar-refractivity contribution is 7.15. The maximum absolute atomic E-state index is 14.0. The molecular formula is C17H18F3N3O2S. The van der Waals surface area contributed by atoms with Gasteiger partial charge in [0.1, 0.15) is 5.82 Å². The number of benzene rings is 1. The number of carbonyl (C=O) groups excluding carboxylic acids is 1. The monoisotopic (exact) mass is 385 g/mol. The molecule has 0 aliphatic carbocycles. The van der Waals surface area contributed by atoms with Gasteiger partial charge in [0.2, 0.25) is 0 Å². The van der Waals surface area contributed by atoms with Crippen LogP contribution in [0.4, 0.5) is 23.1 Å². The Morgan fingerprint density at radius 1 is 1.27 bits per heavy atom. The lowest BCUT2D eigenvalue weighted by Gasteiger charge is -2.20. The molecule has 9 heteroatoms. The van der Waals surface area contributed by atoms with Crippen LogP contribution in [0.1, 0.15) is 29.2 Å². The Labute approximate surface area is 152 Å². The van der Waals surface area contributed by atoms with Crippen LogP contribution in [0, 0.1) is 5.82 Å². The van der Waals surface area contributed by atoms with Crippen LogP contribution in [0.15, 0.2) is 30.5 Å². The van der Waals surface area contributed by atoms with E-state index in [9.17, 15) is 18.0 Å². The first-order valence-electron chi connectivity index (χ1n) is 8.16. The minimum absolute atomic E-state index is 0.350. The number of ether oxygens (including phenoxy) is 1. The quantitative estimate of drug-likeness (QED) is 0.815. The normalized spacial score (nSPS) is 15.7. The maximum atomic E-state index is 14.0. The van der Waals surface area contributed by atoms with Gasteiger partial charge >= 0.3 is 6.03 Å². The predicted molar refractivity (Wildman–Crippen MR) is 92.2 cm³/mol. The first-order chi connectivity index (χ1) is 12.4. The first-order valence-corrected chi connectivity index (χ1v) is 8.98. The molecule has 1 aliphatic heterocycles. The molecule has 0 unspecified atom stereocenters. The molecule has 0 spiro atoms. The van der Waals surface area contributed by atoms with Crippen LogP contribution in [0.3, 0.4) is 0 Å². The van der Waals surface area contributed by atoms with E-state index in [2.05, 4.69) is 15.6 Å². The van der Waals surface area contributed by atoms with E-state index in [4.69, 9.17) is 4.74 Å². The van der Waals surface area contributed by atoms with E-state index >= 15 is 0 Å². The van der Waals surface area contributed by atoms with Crippen LogP contribution < -0.4 is 10.6 Å². The Morgan fingerprint density at radius 3 is 2.65 bits per heavy atom. The summed E-state index contributed by atoms with van der Waals surface area (Å²) in [5.41, 5.74) is -0.366. The Morgan fingerprint density at radius 2 is 1.96 bits per heavy atom. The Kier molecular flexibility index (Phi) is 5.77. The number of rotatable bonds is 5. The van der Waals surface area contributed by atoms with Crippen molar-refractivity contribution in [3.63, 3.8) is 0 Å². The Bertz CT molecular complexity index is 746. The van der Waals surface area contributed by atoms with Crippen molar-refractivity contribution in [2.24, 2.45) is 0 Å². The van der Waals surface area contributed by atoms with Crippen LogP contribution in [0.2, 0.25) is 0 Å². The molecule has 1 saturated heterocycles. The van der Waals surface area contributed by atoms with Crippen molar-refractivity contribution in [3.8, 4) is 0 Å². The molecule has 1 aromatic heterocycles. The number of anilines is 1. The Balaban J connectivity index is 1.52. The van der Waals surface area contributed by atoms with Crippen molar-refractivity contribution >= 4 is 22.5 Å². The van der Waals surface area contributed by atoms with Gasteiger partial charge in [-0.15, -0.1) is 11.3 Å². The average Bonchev–Trinajstić information content (AvgIpc) is 3.10. The number of amides is 2. The minimum atomic E-state index is -3.30. The van der Waals surface area contributed by atoms with Crippen LogP contribution >= 0.6 is 11.3 Å². The third-order valence-corrected chi connectivity index (χ3v) is 5.18. The van der Waals surface area contributed by atoms with E-state index in [1.807, 2.05) is 0 Å². The molecule has 26 heavy (non-hydrogen) atoms. The molecule has 5 nitrogen and oxygen atoms in total. The number of aromatic nitrogens is 1. The lowest BCUT2D eigenvalue weighted by atomic mass is 9.99. The van der Waals surface area contributed by atoms with Crippen LogP contribution in [0.25, 0.3) is 0 Å². The van der Waals surface area contributed by atoms with Gasteiger partial charge in [0, 0.05) is 29.9 Å². The molecule has 0 atom stereocenters. The fraction of sp³-hybridized carbons (Fsp3) is 0.412. The van der Waals surface area contributed by atoms with Gasteiger partial charge < -0.3 is 10.1 Å². The van der Waals surface area contributed by atoms with Crippen molar-refractivity contribution < 1.29 is 22.7 Å². The number of nitrogens with one attached hydrogen (secondary N) is 2. The van der Waals surface area contributed by atoms with E-state index in [1.54, 1.807) is 6.20 Å². The summed E-state index contributed by atoms with van der Waals surface area (Å²) < 4.78 is 46.2. The zero-order valence-electron chi connectivity index (χ0n) is 13.8. The maximum Gasteiger partial charge on any atom is 0.321 e. The smallest absolute Gasteiger partial charge is 0.321 e. The molecule has 1 aromatic carbocycles. The standard InChI is InChI=1S/C17H18F3N3O2S/c18-13-3-1-12(2-4-13)17(19,20)10-22-15(24)23-16-21-9-14(26-16)11-5-7-25-8-6-11/h1-4,9,11H,5-8,10H2,(H2,21,22,23,24). The summed E-state index contributed by atoms with van der Waals surface area (Å²) >= 11 is 1.33. The molecule has 0 saturated carbocycles. The van der Waals surface area contributed by atoms with Gasteiger partial charge in [-0.3, -0.25) is 5.32 Å². The van der Waals surface area contributed by atoms with Crippen LogP contribution in [-0.2, 0) is 10.7 Å². The van der Waals surface area contributed by atoms with E-state index in [0.29, 0.717) is 24.3 Å². The average molecular weight is 385 g/mol. The third-order valence-electron chi connectivity index (χ3n) is 4.11. The highest BCUT2D eigenvalue weighted by Gasteiger charge is 2.32. The number of halogens is 3. The highest BCUT2D eigenvalue weighted by atomic mass is 32.1. The predicted octanol–water partition coefficient (Wildman–Crippen LogP) is 4.09. The van der Waals surface area contributed by atoms with Crippen molar-refractivity contribution in [1.29, 1.82) is 0 Å². The lowest BCUT2D eigenvalue weighted by molar-refractivity contribution is -0.000138. The molecule has 1 fully saturated rings. The van der Waals surface area contributed by atoms with Crippen molar-refractivity contribution in [1.82, 2.24) is 10.3 Å². The highest BCUT2D eigenvalue weighted by Crippen LogP contribution is 2.32. The fourth-order valence-corrected chi connectivity index (χ4v) is 3.62. The van der Waals surface area contributed by atoms with E-state index in [-0.39, 0.29) is 5.56 Å². The van der Waals surface area contributed by atoms with E-state index < -0.39 is 24.3 Å². The molecule has 3 rings (SSSR count). The van der Waals surface area contributed by atoms with Crippen LogP contribution in [0.5, 0.6) is 0 Å². The van der Waals surface area contributed by atoms with E-state index in [0.717, 1.165) is 42.0 Å². The zero-order valence-corrected chi connectivity index (χ0v) is 14.6. The molecule has 2 aromatic rings. The number of alkyl halides is 2. The second-order valence-corrected chi connectivity index (χ2v) is 7.04. The van der Waals surface area contributed by atoms with Crippen molar-refractivity contribution in [3.05, 3.63) is 46.7 Å². The molecule has 140 valence electrons. The molecule has 1 aliphatic rings. The fourth-order valence-electron chi connectivity index (χ4n) is 2.64. The number of nitrogens with zero attached hydrogens (tertiary/aromatic N) is 1. The Hall–Kier alpha value is -2.13. The van der Waals surface area contributed by atoms with E-state index in [1.165, 1.54) is 11.3 Å². The van der Waals surface area contributed by atoms with Gasteiger partial charge in [-0.2, -0.15) is 8.78 Å². The summed E-state index contributed by atoms with van der Waals surface area (Å²) in [6, 6.07) is 3.14. The zero-order chi connectivity index (χ0) is 18.6. The molecule has 2 amide bonds. The second-order valence-electron chi connectivity index (χ2n) is 5.97. The largest absolute Gasteiger partial charge is 0.381 e. The van der Waals surface area contributed by atoms with Gasteiger partial charge in [0.05, 0.1) is 6.54 Å². The molecule has 0 radical (unpaired) electrons. The number of thiazole rings is 1. The van der Waals surface area contributed by atoms with Gasteiger partial charge in [-0.05, 0) is 30.9 Å². The van der Waals surface area contributed by atoms with Gasteiger partial charge in [-0.25, -0.2) is 14.2 Å². The summed E-state index contributed by atoms with van der Waals surface area (Å²) in [6.45, 7) is 0.497. The SMILES string of the molecule is O=C(NCC(F)(F)c1ccc(F)cc1)Nc1ncc(C2CCOCC2)s1. The van der Waals surface area contributed by atoms with Gasteiger partial charge in [0.15, 0.2) is 5.13 Å². The molecule has 0 bridgehead atoms. The summed E-state index contributed by atoms with van der Waals surface area (Å²) in [4.78, 5) is 17.0.